The monoisotopic (exact) mass is 513 g/mol. The second-order valence-electron chi connectivity index (χ2n) is 15.6. The molecule has 0 aromatic rings. The van der Waals surface area contributed by atoms with Crippen LogP contribution < -0.4 is 0 Å². The van der Waals surface area contributed by atoms with Crippen molar-refractivity contribution in [3.05, 3.63) is 0 Å². The van der Waals surface area contributed by atoms with Gasteiger partial charge >= 0.3 is 0 Å². The van der Waals surface area contributed by atoms with Gasteiger partial charge in [0, 0.05) is 0 Å². The Bertz CT molecular complexity index is 525. The maximum absolute atomic E-state index is 13.2. The van der Waals surface area contributed by atoms with E-state index in [1.54, 1.807) is 6.92 Å². The summed E-state index contributed by atoms with van der Waals surface area (Å²) in [4.78, 5) is 0. The summed E-state index contributed by atoms with van der Waals surface area (Å²) < 4.78 is 26.1. The third-order valence-electron chi connectivity index (χ3n) is 8.75. The summed E-state index contributed by atoms with van der Waals surface area (Å²) in [5, 5.41) is 0. The highest BCUT2D eigenvalue weighted by molar-refractivity contribution is 4.91. The van der Waals surface area contributed by atoms with E-state index in [-0.39, 0.29) is 0 Å². The zero-order chi connectivity index (χ0) is 27.6. The lowest BCUT2D eigenvalue weighted by molar-refractivity contribution is 0.0157. The molecule has 0 aromatic carbocycles. The number of alkyl halides is 2. The van der Waals surface area contributed by atoms with Crippen molar-refractivity contribution in [2.75, 3.05) is 0 Å². The largest absolute Gasteiger partial charge is 0.244 e. The Morgan fingerprint density at radius 1 is 0.583 bits per heavy atom. The smallest absolute Gasteiger partial charge is 0.111 e. The lowest BCUT2D eigenvalue weighted by atomic mass is 9.66. The van der Waals surface area contributed by atoms with Gasteiger partial charge in [-0.25, -0.2) is 8.78 Å². The molecule has 0 amide bonds. The molecular formula is C34H66F2. The fourth-order valence-electron chi connectivity index (χ4n) is 6.84. The van der Waals surface area contributed by atoms with Gasteiger partial charge in [0.1, 0.15) is 11.3 Å². The number of rotatable bonds is 8. The van der Waals surface area contributed by atoms with Crippen molar-refractivity contribution in [2.45, 2.75) is 177 Å². The molecule has 4 saturated carbocycles. The summed E-state index contributed by atoms with van der Waals surface area (Å²) in [6, 6.07) is 0. The highest BCUT2D eigenvalue weighted by atomic mass is 19.1. The molecule has 216 valence electrons. The van der Waals surface area contributed by atoms with Gasteiger partial charge in [-0.3, -0.25) is 0 Å². The van der Waals surface area contributed by atoms with Crippen LogP contribution in [0.1, 0.15) is 166 Å². The van der Waals surface area contributed by atoms with E-state index >= 15 is 0 Å². The second-order valence-corrected chi connectivity index (χ2v) is 15.6. The number of hydrogen-bond acceptors (Lipinski definition) is 0. The molecule has 4 rings (SSSR count). The topological polar surface area (TPSA) is 0 Å². The fraction of sp³-hybridized carbons (Fsp3) is 1.00. The van der Waals surface area contributed by atoms with Gasteiger partial charge in [-0.1, -0.05) is 88.0 Å². The third kappa shape index (κ3) is 14.7. The van der Waals surface area contributed by atoms with Crippen LogP contribution in [0.15, 0.2) is 0 Å². The molecule has 4 aliphatic rings. The highest BCUT2D eigenvalue weighted by Crippen LogP contribution is 2.45. The van der Waals surface area contributed by atoms with Crippen LogP contribution in [-0.4, -0.2) is 11.3 Å². The summed E-state index contributed by atoms with van der Waals surface area (Å²) in [5.74, 6) is 4.87. The van der Waals surface area contributed by atoms with Gasteiger partial charge in [0.15, 0.2) is 0 Å². The van der Waals surface area contributed by atoms with Crippen molar-refractivity contribution < 1.29 is 8.78 Å². The molecule has 0 spiro atoms. The van der Waals surface area contributed by atoms with Crippen LogP contribution in [0, 0.1) is 40.9 Å². The quantitative estimate of drug-likeness (QED) is 0.303. The first kappa shape index (κ1) is 33.9. The minimum atomic E-state index is -0.820. The zero-order valence-electron chi connectivity index (χ0n) is 26.3. The van der Waals surface area contributed by atoms with Crippen LogP contribution in [-0.2, 0) is 0 Å². The van der Waals surface area contributed by atoms with Gasteiger partial charge in [-0.05, 0) is 118 Å². The average molecular weight is 513 g/mol. The van der Waals surface area contributed by atoms with E-state index in [9.17, 15) is 8.78 Å². The molecule has 36 heavy (non-hydrogen) atoms. The van der Waals surface area contributed by atoms with Crippen molar-refractivity contribution in [3.63, 3.8) is 0 Å². The Labute approximate surface area is 226 Å². The van der Waals surface area contributed by atoms with Gasteiger partial charge in [-0.2, -0.15) is 0 Å². The van der Waals surface area contributed by atoms with E-state index in [0.717, 1.165) is 67.6 Å². The van der Waals surface area contributed by atoms with Crippen LogP contribution in [0.4, 0.5) is 8.78 Å². The molecule has 0 atom stereocenters. The number of halogens is 2. The minimum absolute atomic E-state index is 0.523. The lowest BCUT2D eigenvalue weighted by Crippen LogP contribution is -2.37. The Kier molecular flexibility index (Phi) is 14.5. The maximum atomic E-state index is 13.2. The Morgan fingerprint density at radius 2 is 1.03 bits per heavy atom. The molecule has 0 N–H and O–H groups in total. The fourth-order valence-corrected chi connectivity index (χ4v) is 6.84. The van der Waals surface area contributed by atoms with Crippen LogP contribution in [0.5, 0.6) is 0 Å². The van der Waals surface area contributed by atoms with Crippen molar-refractivity contribution in [2.24, 2.45) is 40.9 Å². The third-order valence-corrected chi connectivity index (χ3v) is 8.75. The maximum Gasteiger partial charge on any atom is 0.111 e. The molecule has 0 saturated heterocycles. The van der Waals surface area contributed by atoms with Crippen molar-refractivity contribution in [1.29, 1.82) is 0 Å². The summed E-state index contributed by atoms with van der Waals surface area (Å²) in [6.45, 7) is 22.0. The second kappa shape index (κ2) is 15.5. The minimum Gasteiger partial charge on any atom is -0.244 e. The van der Waals surface area contributed by atoms with Crippen molar-refractivity contribution in [3.8, 4) is 0 Å². The lowest BCUT2D eigenvalue weighted by Gasteiger charge is -2.39. The van der Waals surface area contributed by atoms with Gasteiger partial charge < -0.3 is 0 Å². The van der Waals surface area contributed by atoms with Crippen LogP contribution in [0.3, 0.4) is 0 Å². The van der Waals surface area contributed by atoms with E-state index in [1.807, 2.05) is 0 Å². The molecule has 2 heteroatoms. The molecule has 0 nitrogen and oxygen atoms in total. The highest BCUT2D eigenvalue weighted by Gasteiger charge is 2.40. The normalized spacial score (nSPS) is 27.8. The van der Waals surface area contributed by atoms with Gasteiger partial charge in [0.2, 0.25) is 0 Å². The first-order chi connectivity index (χ1) is 16.5. The molecule has 4 aliphatic carbocycles. The zero-order valence-corrected chi connectivity index (χ0v) is 26.3. The molecule has 0 radical (unpaired) electrons. The summed E-state index contributed by atoms with van der Waals surface area (Å²) >= 11 is 0. The molecule has 0 aromatic heterocycles. The summed E-state index contributed by atoms with van der Waals surface area (Å²) in [7, 11) is 0. The van der Waals surface area contributed by atoms with Crippen molar-refractivity contribution in [1.82, 2.24) is 0 Å². The van der Waals surface area contributed by atoms with Gasteiger partial charge in [-0.15, -0.1) is 0 Å². The predicted octanol–water partition coefficient (Wildman–Crippen LogP) is 12.2. The van der Waals surface area contributed by atoms with E-state index in [4.69, 9.17) is 0 Å². The standard InChI is InChI=1S/C9H17F.C9H18.C8H15F.C8H16/c1-7(2)4-8-5-9(3,10)6-8;1-8(2)7-9(3)5-4-6-9;1-7(2)6-8(9)4-3-5-8;1-7(2)6-8-4-3-5-8/h7-8H,4-6H2,1-3H3;8H,4-7H2,1-3H3;7H,3-6H2,1-2H3;7-8H,3-6H2,1-2H3. The Morgan fingerprint density at radius 3 is 1.19 bits per heavy atom. The van der Waals surface area contributed by atoms with E-state index in [0.29, 0.717) is 11.8 Å². The molecule has 0 bridgehead atoms. The molecule has 0 unspecified atom stereocenters. The molecule has 0 heterocycles. The Balaban J connectivity index is 0.000000241. The first-order valence-corrected chi connectivity index (χ1v) is 15.9. The van der Waals surface area contributed by atoms with Crippen LogP contribution >= 0.6 is 0 Å². The van der Waals surface area contributed by atoms with Gasteiger partial charge in [0.25, 0.3) is 0 Å². The summed E-state index contributed by atoms with van der Waals surface area (Å²) in [5.41, 5.74) is -0.831. The van der Waals surface area contributed by atoms with E-state index in [1.165, 1.54) is 57.8 Å². The average Bonchev–Trinajstić information content (AvgIpc) is 2.61. The SMILES string of the molecule is CC(C)CC1(C)CCC1.CC(C)CC1(F)CCC1.CC(C)CC1CC(C)(F)C1.CC(C)CC1CCC1. The first-order valence-electron chi connectivity index (χ1n) is 15.9. The Hall–Kier alpha value is -0.140. The molecular weight excluding hydrogens is 446 g/mol. The van der Waals surface area contributed by atoms with Crippen LogP contribution in [0.2, 0.25) is 0 Å². The van der Waals surface area contributed by atoms with Crippen molar-refractivity contribution >= 4 is 0 Å². The molecule has 0 aliphatic heterocycles. The van der Waals surface area contributed by atoms with E-state index < -0.39 is 11.3 Å². The number of hydrogen-bond donors (Lipinski definition) is 0. The van der Waals surface area contributed by atoms with Gasteiger partial charge in [0.05, 0.1) is 0 Å². The molecule has 4 fully saturated rings. The van der Waals surface area contributed by atoms with E-state index in [2.05, 4.69) is 62.3 Å². The summed E-state index contributed by atoms with van der Waals surface area (Å²) in [6.07, 6.45) is 18.2. The van der Waals surface area contributed by atoms with Crippen LogP contribution in [0.25, 0.3) is 0 Å². The predicted molar refractivity (Wildman–Crippen MR) is 157 cm³/mol.